The molecule has 1 aromatic rings. The summed E-state index contributed by atoms with van der Waals surface area (Å²) in [6.07, 6.45) is 3.28. The number of rotatable bonds is 2. The van der Waals surface area contributed by atoms with Crippen molar-refractivity contribution in [3.63, 3.8) is 0 Å². The highest BCUT2D eigenvalue weighted by molar-refractivity contribution is 6.03. The van der Waals surface area contributed by atoms with Gasteiger partial charge in [0.05, 0.1) is 0 Å². The van der Waals surface area contributed by atoms with Gasteiger partial charge in [0.1, 0.15) is 6.04 Å². The van der Waals surface area contributed by atoms with Gasteiger partial charge in [-0.05, 0) is 31.4 Å². The maximum Gasteiger partial charge on any atom is 0.245 e. The number of hydrogen-bond acceptors (Lipinski definition) is 2. The first-order chi connectivity index (χ1) is 9.27. The highest BCUT2D eigenvalue weighted by Gasteiger charge is 2.39. The van der Waals surface area contributed by atoms with Crippen LogP contribution in [0.4, 0.5) is 5.69 Å². The van der Waals surface area contributed by atoms with Crippen molar-refractivity contribution in [2.24, 2.45) is 0 Å². The van der Waals surface area contributed by atoms with E-state index < -0.39 is 0 Å². The summed E-state index contributed by atoms with van der Waals surface area (Å²) in [6.45, 7) is 1.68. The minimum Gasteiger partial charge on any atom is -0.341 e. The fourth-order valence-electron chi connectivity index (χ4n) is 2.98. The molecule has 2 fully saturated rings. The van der Waals surface area contributed by atoms with Gasteiger partial charge in [0.15, 0.2) is 0 Å². The van der Waals surface area contributed by atoms with E-state index in [-0.39, 0.29) is 17.9 Å². The summed E-state index contributed by atoms with van der Waals surface area (Å²) in [4.78, 5) is 28.2. The summed E-state index contributed by atoms with van der Waals surface area (Å²) in [7, 11) is 0. The van der Waals surface area contributed by atoms with Gasteiger partial charge in [-0.15, -0.1) is 0 Å². The van der Waals surface area contributed by atoms with Crippen molar-refractivity contribution in [2.45, 2.75) is 31.7 Å². The number of amides is 2. The summed E-state index contributed by atoms with van der Waals surface area (Å²) in [5, 5.41) is 0. The molecule has 0 bridgehead atoms. The average Bonchev–Trinajstić information content (AvgIpc) is 3.08. The molecular formula is C15H18N2O2. The zero-order valence-corrected chi connectivity index (χ0v) is 10.9. The Morgan fingerprint density at radius 1 is 1.11 bits per heavy atom. The van der Waals surface area contributed by atoms with E-state index in [1.807, 2.05) is 35.2 Å². The number of benzene rings is 1. The molecule has 19 heavy (non-hydrogen) atoms. The summed E-state index contributed by atoms with van der Waals surface area (Å²) in [5.74, 6) is 0.177. The number of nitrogens with zero attached hydrogens (tertiary/aromatic N) is 2. The van der Waals surface area contributed by atoms with Gasteiger partial charge in [0, 0.05) is 25.2 Å². The molecule has 100 valence electrons. The van der Waals surface area contributed by atoms with Crippen LogP contribution in [0.15, 0.2) is 30.3 Å². The van der Waals surface area contributed by atoms with E-state index in [9.17, 15) is 9.59 Å². The topological polar surface area (TPSA) is 40.6 Å². The van der Waals surface area contributed by atoms with E-state index in [1.54, 1.807) is 4.90 Å². The predicted molar refractivity (Wildman–Crippen MR) is 72.8 cm³/mol. The van der Waals surface area contributed by atoms with Gasteiger partial charge in [-0.1, -0.05) is 18.2 Å². The molecule has 2 aliphatic heterocycles. The Morgan fingerprint density at radius 2 is 1.79 bits per heavy atom. The van der Waals surface area contributed by atoms with Crippen LogP contribution in [0, 0.1) is 0 Å². The zero-order chi connectivity index (χ0) is 13.2. The van der Waals surface area contributed by atoms with Crippen molar-refractivity contribution in [1.82, 2.24) is 4.90 Å². The van der Waals surface area contributed by atoms with Crippen LogP contribution >= 0.6 is 0 Å². The SMILES string of the molecule is O=C(C1CCC(=O)N1c1ccccc1)N1CCCC1. The van der Waals surface area contributed by atoms with Crippen molar-refractivity contribution in [3.8, 4) is 0 Å². The van der Waals surface area contributed by atoms with Gasteiger partial charge in [0.2, 0.25) is 11.8 Å². The second-order valence-corrected chi connectivity index (χ2v) is 5.19. The second-order valence-electron chi connectivity index (χ2n) is 5.19. The van der Waals surface area contributed by atoms with Gasteiger partial charge in [-0.25, -0.2) is 0 Å². The molecule has 1 unspecified atom stereocenters. The quantitative estimate of drug-likeness (QED) is 0.811. The number of para-hydroxylation sites is 1. The third kappa shape index (κ3) is 2.23. The van der Waals surface area contributed by atoms with Crippen molar-refractivity contribution < 1.29 is 9.59 Å². The number of likely N-dealkylation sites (tertiary alicyclic amines) is 1. The van der Waals surface area contributed by atoms with E-state index >= 15 is 0 Å². The first kappa shape index (κ1) is 12.2. The molecule has 4 heteroatoms. The van der Waals surface area contributed by atoms with Crippen molar-refractivity contribution in [1.29, 1.82) is 0 Å². The lowest BCUT2D eigenvalue weighted by molar-refractivity contribution is -0.132. The highest BCUT2D eigenvalue weighted by atomic mass is 16.2. The lowest BCUT2D eigenvalue weighted by Gasteiger charge is -2.27. The van der Waals surface area contributed by atoms with Gasteiger partial charge >= 0.3 is 0 Å². The van der Waals surface area contributed by atoms with E-state index in [2.05, 4.69) is 0 Å². The maximum atomic E-state index is 12.5. The molecule has 2 saturated heterocycles. The van der Waals surface area contributed by atoms with Crippen LogP contribution in [0.1, 0.15) is 25.7 Å². The number of hydrogen-bond donors (Lipinski definition) is 0. The van der Waals surface area contributed by atoms with Crippen LogP contribution in [-0.4, -0.2) is 35.8 Å². The maximum absolute atomic E-state index is 12.5. The monoisotopic (exact) mass is 258 g/mol. The molecule has 4 nitrogen and oxygen atoms in total. The molecule has 0 aliphatic carbocycles. The van der Waals surface area contributed by atoms with E-state index in [0.29, 0.717) is 12.8 Å². The number of carbonyl (C=O) groups excluding carboxylic acids is 2. The first-order valence-electron chi connectivity index (χ1n) is 6.93. The first-order valence-corrected chi connectivity index (χ1v) is 6.93. The number of carbonyl (C=O) groups is 2. The van der Waals surface area contributed by atoms with Crippen LogP contribution in [-0.2, 0) is 9.59 Å². The van der Waals surface area contributed by atoms with Crippen molar-refractivity contribution in [3.05, 3.63) is 30.3 Å². The van der Waals surface area contributed by atoms with Gasteiger partial charge in [0.25, 0.3) is 0 Å². The second kappa shape index (κ2) is 5.03. The molecule has 3 rings (SSSR count). The zero-order valence-electron chi connectivity index (χ0n) is 10.9. The standard InChI is InChI=1S/C15H18N2O2/c18-14-9-8-13(15(19)16-10-4-5-11-16)17(14)12-6-2-1-3-7-12/h1-3,6-7,13H,4-5,8-11H2. The van der Waals surface area contributed by atoms with Crippen LogP contribution in [0.25, 0.3) is 0 Å². The van der Waals surface area contributed by atoms with Crippen LogP contribution in [0.2, 0.25) is 0 Å². The molecule has 2 heterocycles. The third-order valence-electron chi connectivity index (χ3n) is 3.95. The average molecular weight is 258 g/mol. The molecular weight excluding hydrogens is 240 g/mol. The summed E-state index contributed by atoms with van der Waals surface area (Å²) in [6, 6.07) is 9.21. The van der Waals surface area contributed by atoms with Crippen molar-refractivity contribution in [2.75, 3.05) is 18.0 Å². The Bertz CT molecular complexity index is 480. The van der Waals surface area contributed by atoms with Gasteiger partial charge < -0.3 is 4.90 Å². The van der Waals surface area contributed by atoms with Crippen LogP contribution < -0.4 is 4.90 Å². The lowest BCUT2D eigenvalue weighted by Crippen LogP contribution is -2.46. The fraction of sp³-hybridized carbons (Fsp3) is 0.467. The smallest absolute Gasteiger partial charge is 0.245 e. The Kier molecular flexibility index (Phi) is 3.23. The van der Waals surface area contributed by atoms with E-state index in [0.717, 1.165) is 31.6 Å². The Hall–Kier alpha value is -1.84. The minimum absolute atomic E-state index is 0.0590. The highest BCUT2D eigenvalue weighted by Crippen LogP contribution is 2.28. The molecule has 0 aromatic heterocycles. The summed E-state index contributed by atoms with van der Waals surface area (Å²) < 4.78 is 0. The molecule has 0 N–H and O–H groups in total. The Labute approximate surface area is 113 Å². The fourth-order valence-corrected chi connectivity index (χ4v) is 2.98. The minimum atomic E-state index is -0.298. The van der Waals surface area contributed by atoms with E-state index in [4.69, 9.17) is 0 Å². The van der Waals surface area contributed by atoms with Crippen LogP contribution in [0.3, 0.4) is 0 Å². The molecule has 1 atom stereocenters. The van der Waals surface area contributed by atoms with Gasteiger partial charge in [-0.3, -0.25) is 14.5 Å². The summed E-state index contributed by atoms with van der Waals surface area (Å²) >= 11 is 0. The van der Waals surface area contributed by atoms with Crippen LogP contribution in [0.5, 0.6) is 0 Å². The number of anilines is 1. The largest absolute Gasteiger partial charge is 0.341 e. The predicted octanol–water partition coefficient (Wildman–Crippen LogP) is 1.80. The third-order valence-corrected chi connectivity index (χ3v) is 3.95. The Balaban J connectivity index is 1.84. The molecule has 0 spiro atoms. The molecule has 0 radical (unpaired) electrons. The van der Waals surface area contributed by atoms with E-state index in [1.165, 1.54) is 0 Å². The lowest BCUT2D eigenvalue weighted by atomic mass is 10.2. The molecule has 0 saturated carbocycles. The molecule has 2 amide bonds. The van der Waals surface area contributed by atoms with Gasteiger partial charge in [-0.2, -0.15) is 0 Å². The van der Waals surface area contributed by atoms with Crippen molar-refractivity contribution >= 4 is 17.5 Å². The molecule has 2 aliphatic rings. The Morgan fingerprint density at radius 3 is 2.47 bits per heavy atom. The molecule has 1 aromatic carbocycles. The normalized spacial score (nSPS) is 23.2. The summed E-state index contributed by atoms with van der Waals surface area (Å²) in [5.41, 5.74) is 0.836.